The summed E-state index contributed by atoms with van der Waals surface area (Å²) in [6, 6.07) is 6.84. The summed E-state index contributed by atoms with van der Waals surface area (Å²) >= 11 is 0. The molecule has 4 amide bonds. The van der Waals surface area contributed by atoms with Crippen LogP contribution in [0.25, 0.3) is 5.32 Å². The number of ketones is 1. The smallest absolute Gasteiger partial charge is 0.665 e. The Morgan fingerprint density at radius 2 is 1.51 bits per heavy atom. The first-order chi connectivity index (χ1) is 19.1. The standard InChI is InChI=1S/C22H34N5O5.C3H8.C2H4O.C2H6.K/c1-16(28)6-3-4-8-20(29)25-14-21(30)27-19(7-5-13-24-22(23)31)26-18-11-9-17(10-12-18)15-32-2;1-3-2;1-2-3;1-2;/h9-12,19H,3-8,13-15H2,1-2H3,(H,25,29)(H,27,30)(H3,23,24,31);3H2,1-2H3;2H,1H3;1-2H3;/q-1;;;;+1/t19-;;;;/m0..../s1. The van der Waals surface area contributed by atoms with Gasteiger partial charge in [0.15, 0.2) is 0 Å². The average molecular weight is 606 g/mol. The summed E-state index contributed by atoms with van der Waals surface area (Å²) in [6.07, 6.45) is 4.47. The monoisotopic (exact) mass is 605 g/mol. The van der Waals surface area contributed by atoms with Gasteiger partial charge < -0.3 is 41.3 Å². The van der Waals surface area contributed by atoms with E-state index in [0.29, 0.717) is 50.9 Å². The molecule has 11 nitrogen and oxygen atoms in total. The molecule has 0 aliphatic carbocycles. The van der Waals surface area contributed by atoms with E-state index >= 15 is 0 Å². The minimum atomic E-state index is -0.609. The van der Waals surface area contributed by atoms with Gasteiger partial charge in [-0.2, -0.15) is 0 Å². The van der Waals surface area contributed by atoms with Crippen molar-refractivity contribution >= 4 is 35.6 Å². The third-order valence-electron chi connectivity index (χ3n) is 4.46. The molecule has 0 aromatic heterocycles. The fraction of sp³-hybridized carbons (Fsp3) is 0.621. The van der Waals surface area contributed by atoms with Crippen LogP contribution in [-0.4, -0.2) is 56.3 Å². The molecule has 230 valence electrons. The number of ether oxygens (including phenoxy) is 1. The number of hydrogen-bond acceptors (Lipinski definition) is 6. The van der Waals surface area contributed by atoms with Gasteiger partial charge >= 0.3 is 57.4 Å². The molecular formula is C29H52KN5O6. The second-order valence-corrected chi connectivity index (χ2v) is 8.37. The Labute approximate surface area is 289 Å². The third kappa shape index (κ3) is 34.3. The Bertz CT molecular complexity index is 809. The predicted molar refractivity (Wildman–Crippen MR) is 160 cm³/mol. The maximum absolute atomic E-state index is 12.3. The molecule has 41 heavy (non-hydrogen) atoms. The molecule has 12 heteroatoms. The molecule has 0 saturated heterocycles. The molecule has 0 aliphatic heterocycles. The van der Waals surface area contributed by atoms with Gasteiger partial charge in [0.25, 0.3) is 0 Å². The summed E-state index contributed by atoms with van der Waals surface area (Å²) in [5.74, 6) is -0.509. The van der Waals surface area contributed by atoms with Crippen molar-refractivity contribution in [2.24, 2.45) is 5.73 Å². The van der Waals surface area contributed by atoms with E-state index in [1.54, 1.807) is 7.11 Å². The topological polar surface area (TPSA) is 171 Å². The van der Waals surface area contributed by atoms with Crippen LogP contribution in [0.4, 0.5) is 10.5 Å². The van der Waals surface area contributed by atoms with Crippen LogP contribution in [0.5, 0.6) is 0 Å². The van der Waals surface area contributed by atoms with E-state index in [2.05, 4.69) is 35.1 Å². The molecule has 0 fully saturated rings. The zero-order valence-corrected chi connectivity index (χ0v) is 29.6. The number of carbonyl (C=O) groups excluding carboxylic acids is 5. The van der Waals surface area contributed by atoms with Crippen molar-refractivity contribution in [1.29, 1.82) is 0 Å². The molecule has 0 heterocycles. The van der Waals surface area contributed by atoms with Crippen LogP contribution >= 0.6 is 0 Å². The van der Waals surface area contributed by atoms with Crippen LogP contribution in [0.1, 0.15) is 92.1 Å². The molecule has 1 aromatic carbocycles. The molecule has 1 atom stereocenters. The SMILES string of the molecule is CC.CC=O.CCC.COCc1ccc([N-][C@H](CCCNC(N)=O)NC(=O)CNC(=O)CCCCC(C)=O)cc1.[K+]. The van der Waals surface area contributed by atoms with Gasteiger partial charge in [-0.3, -0.25) is 9.59 Å². The Balaban J connectivity index is -0.000000682. The number of hydrogen-bond donors (Lipinski definition) is 4. The van der Waals surface area contributed by atoms with Gasteiger partial charge in [0.05, 0.1) is 13.2 Å². The summed E-state index contributed by atoms with van der Waals surface area (Å²) in [5, 5.41) is 12.4. The fourth-order valence-electron chi connectivity index (χ4n) is 2.86. The van der Waals surface area contributed by atoms with E-state index < -0.39 is 12.2 Å². The number of amides is 4. The number of urea groups is 1. The van der Waals surface area contributed by atoms with Crippen molar-refractivity contribution in [3.05, 3.63) is 35.1 Å². The Morgan fingerprint density at radius 1 is 0.976 bits per heavy atom. The van der Waals surface area contributed by atoms with E-state index in [0.717, 1.165) is 11.8 Å². The van der Waals surface area contributed by atoms with Crippen molar-refractivity contribution in [2.45, 2.75) is 99.3 Å². The first kappa shape index (κ1) is 46.1. The molecule has 5 N–H and O–H groups in total. The van der Waals surface area contributed by atoms with Crippen molar-refractivity contribution in [3.8, 4) is 0 Å². The van der Waals surface area contributed by atoms with E-state index in [1.807, 2.05) is 38.1 Å². The number of benzene rings is 1. The predicted octanol–water partition coefficient (Wildman–Crippen LogP) is 1.65. The minimum Gasteiger partial charge on any atom is -0.665 e. The van der Waals surface area contributed by atoms with Crippen molar-refractivity contribution < 1.29 is 80.1 Å². The minimum absolute atomic E-state index is 0. The van der Waals surface area contributed by atoms with Crippen molar-refractivity contribution in [3.63, 3.8) is 0 Å². The summed E-state index contributed by atoms with van der Waals surface area (Å²) in [7, 11) is 1.62. The maximum atomic E-state index is 12.3. The molecule has 0 spiro atoms. The third-order valence-corrected chi connectivity index (χ3v) is 4.46. The Morgan fingerprint density at radius 3 is 2.00 bits per heavy atom. The van der Waals surface area contributed by atoms with E-state index in [1.165, 1.54) is 20.3 Å². The summed E-state index contributed by atoms with van der Waals surface area (Å²) in [4.78, 5) is 54.7. The van der Waals surface area contributed by atoms with Crippen LogP contribution in [0.2, 0.25) is 0 Å². The van der Waals surface area contributed by atoms with Gasteiger partial charge in [-0.25, -0.2) is 4.79 Å². The molecule has 0 saturated carbocycles. The van der Waals surface area contributed by atoms with Gasteiger partial charge in [0.1, 0.15) is 12.1 Å². The molecule has 0 aliphatic rings. The number of methoxy groups -OCH3 is 1. The number of Topliss-reactive ketones (excluding diaryl/α,β-unsaturated/α-hetero) is 1. The van der Waals surface area contributed by atoms with E-state index in [9.17, 15) is 19.2 Å². The number of unbranched alkanes of at least 4 members (excludes halogenated alkanes) is 1. The normalized spacial score (nSPS) is 9.73. The van der Waals surface area contributed by atoms with Crippen LogP contribution in [0, 0.1) is 0 Å². The average Bonchev–Trinajstić information content (AvgIpc) is 2.91. The molecule has 1 rings (SSSR count). The molecule has 1 aromatic rings. The number of nitrogens with two attached hydrogens (primary N) is 1. The number of carbonyl (C=O) groups is 5. The van der Waals surface area contributed by atoms with Crippen molar-refractivity contribution in [2.75, 3.05) is 20.2 Å². The van der Waals surface area contributed by atoms with Gasteiger partial charge in [-0.05, 0) is 51.3 Å². The molecule has 0 unspecified atom stereocenters. The van der Waals surface area contributed by atoms with Crippen LogP contribution in [0.3, 0.4) is 0 Å². The van der Waals surface area contributed by atoms with E-state index in [4.69, 9.17) is 15.3 Å². The summed E-state index contributed by atoms with van der Waals surface area (Å²) < 4.78 is 5.09. The Hall–Kier alpha value is -1.83. The molecule has 0 bridgehead atoms. The van der Waals surface area contributed by atoms with Gasteiger partial charge in [0.2, 0.25) is 11.8 Å². The van der Waals surface area contributed by atoms with Crippen LogP contribution in [0.15, 0.2) is 24.3 Å². The Kier molecular flexibility index (Phi) is 38.7. The maximum Gasteiger partial charge on any atom is 1.00 e. The number of rotatable bonds is 16. The number of aldehydes is 1. The van der Waals surface area contributed by atoms with Crippen LogP contribution < -0.4 is 73.1 Å². The first-order valence-electron chi connectivity index (χ1n) is 13.9. The summed E-state index contributed by atoms with van der Waals surface area (Å²) in [6.45, 7) is 11.9. The van der Waals surface area contributed by atoms with Crippen LogP contribution in [-0.2, 0) is 30.5 Å². The van der Waals surface area contributed by atoms with Crippen molar-refractivity contribution in [1.82, 2.24) is 16.0 Å². The van der Waals surface area contributed by atoms with Gasteiger partial charge in [0, 0.05) is 26.5 Å². The molecular weight excluding hydrogens is 553 g/mol. The van der Waals surface area contributed by atoms with Gasteiger partial charge in [-0.15, -0.1) is 5.69 Å². The number of nitrogens with one attached hydrogen (secondary N) is 3. The fourth-order valence-corrected chi connectivity index (χ4v) is 2.86. The second kappa shape index (κ2) is 34.4. The van der Waals surface area contributed by atoms with E-state index in [-0.39, 0.29) is 81.9 Å². The summed E-state index contributed by atoms with van der Waals surface area (Å²) in [5.41, 5.74) is 6.76. The second-order valence-electron chi connectivity index (χ2n) is 8.37. The van der Waals surface area contributed by atoms with Gasteiger partial charge in [-0.1, -0.05) is 58.4 Å². The number of nitrogens with zero attached hydrogens (tertiary/aromatic N) is 1. The zero-order valence-electron chi connectivity index (χ0n) is 26.5. The largest absolute Gasteiger partial charge is 1.00 e. The zero-order chi connectivity index (χ0) is 31.2. The quantitative estimate of drug-likeness (QED) is 0.127. The first-order valence-corrected chi connectivity index (χ1v) is 13.9. The molecule has 0 radical (unpaired) electrons. The number of primary amides is 1.